The predicted molar refractivity (Wildman–Crippen MR) is 188 cm³/mol. The first-order chi connectivity index (χ1) is 22.8. The smallest absolute Gasteiger partial charge is 0.220 e. The van der Waals surface area contributed by atoms with Gasteiger partial charge in [0.05, 0.1) is 25.4 Å². The van der Waals surface area contributed by atoms with E-state index in [2.05, 4.69) is 79.1 Å². The van der Waals surface area contributed by atoms with E-state index >= 15 is 0 Å². The molecular formula is C38H61NO8. The third-order valence-corrected chi connectivity index (χ3v) is 7.53. The van der Waals surface area contributed by atoms with Crippen molar-refractivity contribution >= 4 is 5.91 Å². The molecule has 1 rings (SSSR count). The Balaban J connectivity index is 2.55. The van der Waals surface area contributed by atoms with E-state index in [1.807, 2.05) is 19.1 Å². The second kappa shape index (κ2) is 28.4. The molecule has 0 radical (unpaired) electrons. The molecule has 1 aliphatic heterocycles. The monoisotopic (exact) mass is 659 g/mol. The first kappa shape index (κ1) is 42.4. The summed E-state index contributed by atoms with van der Waals surface area (Å²) >= 11 is 0. The lowest BCUT2D eigenvalue weighted by Gasteiger charge is -2.40. The van der Waals surface area contributed by atoms with Crippen molar-refractivity contribution in [1.29, 1.82) is 0 Å². The maximum absolute atomic E-state index is 12.8. The molecule has 1 aliphatic rings. The SMILES string of the molecule is C/C=C/CC/C=C/CC/C=C/C(O)C(COC1OC(CO)C(O)C(O)C1O)NC(=O)CCCC/C=C\C/C=C\C/C=C\C/C=C\CC. The third kappa shape index (κ3) is 20.4. The van der Waals surface area contributed by atoms with Crippen molar-refractivity contribution in [2.75, 3.05) is 13.2 Å². The van der Waals surface area contributed by atoms with Gasteiger partial charge in [0.2, 0.25) is 5.91 Å². The summed E-state index contributed by atoms with van der Waals surface area (Å²) in [5.41, 5.74) is 0. The van der Waals surface area contributed by atoms with Crippen molar-refractivity contribution < 1.29 is 39.8 Å². The fraction of sp³-hybridized carbons (Fsp3) is 0.605. The zero-order chi connectivity index (χ0) is 34.5. The topological polar surface area (TPSA) is 149 Å². The van der Waals surface area contributed by atoms with Crippen LogP contribution in [-0.2, 0) is 14.3 Å². The molecule has 0 aromatic carbocycles. The van der Waals surface area contributed by atoms with Crippen LogP contribution in [0.25, 0.3) is 0 Å². The molecule has 0 spiro atoms. The van der Waals surface area contributed by atoms with E-state index in [1.165, 1.54) is 0 Å². The number of allylic oxidation sites excluding steroid dienone is 13. The van der Waals surface area contributed by atoms with Gasteiger partial charge in [0, 0.05) is 6.42 Å². The van der Waals surface area contributed by atoms with Gasteiger partial charge in [0.15, 0.2) is 6.29 Å². The third-order valence-electron chi connectivity index (χ3n) is 7.53. The summed E-state index contributed by atoms with van der Waals surface area (Å²) in [6.07, 6.45) is 30.8. The molecule has 0 aromatic rings. The van der Waals surface area contributed by atoms with Crippen LogP contribution in [0.4, 0.5) is 0 Å². The molecule has 0 aliphatic carbocycles. The van der Waals surface area contributed by atoms with E-state index in [1.54, 1.807) is 6.08 Å². The fourth-order valence-corrected chi connectivity index (χ4v) is 4.71. The molecule has 9 heteroatoms. The Labute approximate surface area is 282 Å². The number of unbranched alkanes of at least 4 members (excludes halogenated alkanes) is 4. The number of ether oxygens (including phenoxy) is 2. The number of aliphatic hydroxyl groups is 5. The average Bonchev–Trinajstić information content (AvgIpc) is 3.07. The molecule has 7 atom stereocenters. The molecule has 1 amide bonds. The number of carbonyl (C=O) groups excluding carboxylic acids is 1. The highest BCUT2D eigenvalue weighted by atomic mass is 16.7. The molecule has 7 unspecified atom stereocenters. The van der Waals surface area contributed by atoms with Crippen LogP contribution < -0.4 is 5.32 Å². The van der Waals surface area contributed by atoms with Gasteiger partial charge < -0.3 is 40.3 Å². The largest absolute Gasteiger partial charge is 0.394 e. The van der Waals surface area contributed by atoms with Crippen LogP contribution in [-0.4, -0.2) is 87.5 Å². The second-order valence-corrected chi connectivity index (χ2v) is 11.6. The van der Waals surface area contributed by atoms with Gasteiger partial charge >= 0.3 is 0 Å². The first-order valence-electron chi connectivity index (χ1n) is 17.3. The van der Waals surface area contributed by atoms with E-state index in [0.717, 1.165) is 57.8 Å². The van der Waals surface area contributed by atoms with E-state index in [4.69, 9.17) is 9.47 Å². The van der Waals surface area contributed by atoms with E-state index < -0.39 is 49.5 Å². The molecule has 266 valence electrons. The van der Waals surface area contributed by atoms with Gasteiger partial charge in [-0.25, -0.2) is 0 Å². The highest BCUT2D eigenvalue weighted by Gasteiger charge is 2.44. The fourth-order valence-electron chi connectivity index (χ4n) is 4.71. The summed E-state index contributed by atoms with van der Waals surface area (Å²) in [6, 6.07) is -0.850. The van der Waals surface area contributed by atoms with Gasteiger partial charge in [-0.3, -0.25) is 4.79 Å². The number of rotatable bonds is 25. The molecule has 1 heterocycles. The second-order valence-electron chi connectivity index (χ2n) is 11.6. The summed E-state index contributed by atoms with van der Waals surface area (Å²) in [4.78, 5) is 12.8. The van der Waals surface area contributed by atoms with Crippen LogP contribution in [0.3, 0.4) is 0 Å². The first-order valence-corrected chi connectivity index (χ1v) is 17.3. The number of hydrogen-bond donors (Lipinski definition) is 6. The van der Waals surface area contributed by atoms with Crippen molar-refractivity contribution in [3.05, 3.63) is 85.1 Å². The standard InChI is InChI=1S/C38H61NO8/c1-3-5-7-9-11-13-14-15-16-17-18-20-22-24-26-28-34(42)39-31(32(41)27-25-23-21-19-12-10-8-6-4-2)30-46-38-37(45)36(44)35(43)33(29-40)47-38/h4-7,11-13,15-16,18-20,25,27,31-33,35-38,40-41,43-45H,3,8-10,14,17,21-24,26,28-30H2,1-2H3,(H,39,42)/b6-4+,7-5-,13-11-,16-15-,19-12+,20-18-,27-25+. The summed E-state index contributed by atoms with van der Waals surface area (Å²) in [7, 11) is 0. The molecule has 6 N–H and O–H groups in total. The lowest BCUT2D eigenvalue weighted by molar-refractivity contribution is -0.302. The Morgan fingerprint density at radius 3 is 1.96 bits per heavy atom. The summed E-state index contributed by atoms with van der Waals surface area (Å²) in [6.45, 7) is 3.31. The molecule has 0 bridgehead atoms. The van der Waals surface area contributed by atoms with Gasteiger partial charge in [0.1, 0.15) is 24.4 Å². The van der Waals surface area contributed by atoms with E-state index in [0.29, 0.717) is 12.8 Å². The Morgan fingerprint density at radius 2 is 1.34 bits per heavy atom. The van der Waals surface area contributed by atoms with Crippen molar-refractivity contribution in [2.45, 2.75) is 134 Å². The normalized spacial score (nSPS) is 23.9. The maximum Gasteiger partial charge on any atom is 0.220 e. The quantitative estimate of drug-likeness (QED) is 0.0574. The van der Waals surface area contributed by atoms with Crippen LogP contribution in [0.5, 0.6) is 0 Å². The molecule has 0 aromatic heterocycles. The molecule has 9 nitrogen and oxygen atoms in total. The highest BCUT2D eigenvalue weighted by molar-refractivity contribution is 5.76. The molecule has 1 fully saturated rings. The summed E-state index contributed by atoms with van der Waals surface area (Å²) < 4.78 is 11.1. The average molecular weight is 660 g/mol. The number of hydrogen-bond acceptors (Lipinski definition) is 8. The van der Waals surface area contributed by atoms with Crippen molar-refractivity contribution in [3.63, 3.8) is 0 Å². The van der Waals surface area contributed by atoms with Crippen molar-refractivity contribution in [1.82, 2.24) is 5.32 Å². The number of amides is 1. The van der Waals surface area contributed by atoms with Gasteiger partial charge in [-0.2, -0.15) is 0 Å². The molecular weight excluding hydrogens is 598 g/mol. The Bertz CT molecular complexity index is 1000. The number of nitrogens with one attached hydrogen (secondary N) is 1. The highest BCUT2D eigenvalue weighted by Crippen LogP contribution is 2.22. The summed E-state index contributed by atoms with van der Waals surface area (Å²) in [5.74, 6) is -0.242. The number of aliphatic hydroxyl groups excluding tert-OH is 5. The lowest BCUT2D eigenvalue weighted by Crippen LogP contribution is -2.60. The van der Waals surface area contributed by atoms with Crippen molar-refractivity contribution in [3.8, 4) is 0 Å². The van der Waals surface area contributed by atoms with Crippen LogP contribution >= 0.6 is 0 Å². The van der Waals surface area contributed by atoms with Gasteiger partial charge in [-0.05, 0) is 77.6 Å². The van der Waals surface area contributed by atoms with Crippen LogP contribution in [0.15, 0.2) is 85.1 Å². The molecule has 47 heavy (non-hydrogen) atoms. The van der Waals surface area contributed by atoms with Gasteiger partial charge in [-0.1, -0.05) is 92.0 Å². The van der Waals surface area contributed by atoms with Crippen LogP contribution in [0, 0.1) is 0 Å². The van der Waals surface area contributed by atoms with Crippen molar-refractivity contribution in [2.24, 2.45) is 0 Å². The minimum Gasteiger partial charge on any atom is -0.394 e. The lowest BCUT2D eigenvalue weighted by atomic mass is 9.99. The zero-order valence-corrected chi connectivity index (χ0v) is 28.5. The van der Waals surface area contributed by atoms with Crippen LogP contribution in [0.2, 0.25) is 0 Å². The van der Waals surface area contributed by atoms with Crippen LogP contribution in [0.1, 0.15) is 90.9 Å². The molecule has 1 saturated heterocycles. The Morgan fingerprint density at radius 1 is 0.766 bits per heavy atom. The zero-order valence-electron chi connectivity index (χ0n) is 28.5. The summed E-state index contributed by atoms with van der Waals surface area (Å²) in [5, 5.41) is 53.6. The maximum atomic E-state index is 12.8. The Hall–Kier alpha value is -2.63. The minimum absolute atomic E-state index is 0.229. The van der Waals surface area contributed by atoms with Gasteiger partial charge in [-0.15, -0.1) is 0 Å². The minimum atomic E-state index is -1.58. The van der Waals surface area contributed by atoms with E-state index in [-0.39, 0.29) is 18.9 Å². The number of carbonyl (C=O) groups is 1. The van der Waals surface area contributed by atoms with Gasteiger partial charge in [0.25, 0.3) is 0 Å². The van der Waals surface area contributed by atoms with E-state index in [9.17, 15) is 30.3 Å². The Kier molecular flexibility index (Phi) is 25.6. The predicted octanol–water partition coefficient (Wildman–Crippen LogP) is 5.26. The molecule has 0 saturated carbocycles.